The minimum Gasteiger partial charge on any atom is -0.384 e. The Morgan fingerprint density at radius 1 is 1.00 bits per heavy atom. The lowest BCUT2D eigenvalue weighted by Crippen LogP contribution is -2.50. The molecule has 0 aromatic heterocycles. The van der Waals surface area contributed by atoms with Crippen LogP contribution in [0.3, 0.4) is 0 Å². The quantitative estimate of drug-likeness (QED) is 0.458. The molecule has 0 unspecified atom stereocenters. The third kappa shape index (κ3) is 5.85. The van der Waals surface area contributed by atoms with E-state index in [1.807, 2.05) is 11.9 Å². The van der Waals surface area contributed by atoms with E-state index < -0.39 is 0 Å². The van der Waals surface area contributed by atoms with Crippen molar-refractivity contribution >= 4 is 17.6 Å². The van der Waals surface area contributed by atoms with Crippen LogP contribution in [-0.4, -0.2) is 59.7 Å². The molecular weight excluding hydrogens is 390 g/mol. The molecule has 2 aliphatic rings. The van der Waals surface area contributed by atoms with Crippen LogP contribution in [0.2, 0.25) is 0 Å². The number of carbonyl (C=O) groups excluding carboxylic acids is 2. The molecule has 0 heterocycles. The summed E-state index contributed by atoms with van der Waals surface area (Å²) < 4.78 is 0. The molecule has 0 saturated heterocycles. The van der Waals surface area contributed by atoms with Gasteiger partial charge in [-0.05, 0) is 63.1 Å². The predicted octanol–water partition coefficient (Wildman–Crippen LogP) is 2.72. The van der Waals surface area contributed by atoms with Crippen LogP contribution in [0.4, 0.5) is 0 Å². The number of nitrogen functional groups attached to an aromatic ring is 1. The topological polar surface area (TPSA) is 117 Å². The zero-order chi connectivity index (χ0) is 22.4. The highest BCUT2D eigenvalue weighted by Gasteiger charge is 2.32. The Hall–Kier alpha value is -2.41. The first kappa shape index (κ1) is 23.3. The van der Waals surface area contributed by atoms with Gasteiger partial charge in [-0.3, -0.25) is 15.0 Å². The second kappa shape index (κ2) is 10.8. The largest absolute Gasteiger partial charge is 0.384 e. The van der Waals surface area contributed by atoms with Gasteiger partial charge < -0.3 is 21.3 Å². The maximum absolute atomic E-state index is 13.5. The third-order valence-corrected chi connectivity index (χ3v) is 7.09. The van der Waals surface area contributed by atoms with Crippen molar-refractivity contribution in [3.63, 3.8) is 0 Å². The number of rotatable bonds is 7. The highest BCUT2D eigenvalue weighted by molar-refractivity contribution is 6.01. The Labute approximate surface area is 185 Å². The van der Waals surface area contributed by atoms with Crippen molar-refractivity contribution in [2.75, 3.05) is 20.1 Å². The number of hydrogen-bond donors (Lipinski definition) is 3. The molecule has 3 rings (SSSR count). The summed E-state index contributed by atoms with van der Waals surface area (Å²) in [5.74, 6) is 0.345. The monoisotopic (exact) mass is 427 g/mol. The van der Waals surface area contributed by atoms with Crippen LogP contribution in [0.15, 0.2) is 24.3 Å². The predicted molar refractivity (Wildman–Crippen MR) is 123 cm³/mol. The van der Waals surface area contributed by atoms with Crippen molar-refractivity contribution in [2.24, 2.45) is 17.4 Å². The van der Waals surface area contributed by atoms with Gasteiger partial charge >= 0.3 is 0 Å². The van der Waals surface area contributed by atoms with E-state index in [2.05, 4.69) is 0 Å². The summed E-state index contributed by atoms with van der Waals surface area (Å²) in [6.07, 6.45) is 9.25. The van der Waals surface area contributed by atoms with Gasteiger partial charge in [0, 0.05) is 30.3 Å². The van der Waals surface area contributed by atoms with E-state index in [1.54, 1.807) is 29.2 Å². The number of amidine groups is 1. The van der Waals surface area contributed by atoms with Crippen LogP contribution in [0.1, 0.15) is 73.7 Å². The highest BCUT2D eigenvalue weighted by Crippen LogP contribution is 2.28. The van der Waals surface area contributed by atoms with Crippen molar-refractivity contribution < 1.29 is 9.59 Å². The fraction of sp³-hybridized carbons (Fsp3) is 0.625. The van der Waals surface area contributed by atoms with Crippen molar-refractivity contribution in [3.8, 4) is 0 Å². The molecule has 2 aliphatic carbocycles. The summed E-state index contributed by atoms with van der Waals surface area (Å²) in [6.45, 7) is 0.814. The first-order valence-corrected chi connectivity index (χ1v) is 11.6. The third-order valence-electron chi connectivity index (χ3n) is 7.09. The van der Waals surface area contributed by atoms with E-state index in [0.717, 1.165) is 51.4 Å². The number of nitrogens with zero attached hydrogens (tertiary/aromatic N) is 2. The number of nitrogens with one attached hydrogen (secondary N) is 1. The van der Waals surface area contributed by atoms with Crippen LogP contribution in [-0.2, 0) is 4.79 Å². The molecule has 31 heavy (non-hydrogen) atoms. The minimum atomic E-state index is -0.149. The second-order valence-corrected chi connectivity index (χ2v) is 9.13. The Balaban J connectivity index is 1.74. The molecule has 0 atom stereocenters. The summed E-state index contributed by atoms with van der Waals surface area (Å²) in [5, 5.41) is 7.67. The average Bonchev–Trinajstić information content (AvgIpc) is 2.82. The van der Waals surface area contributed by atoms with Crippen molar-refractivity contribution in [3.05, 3.63) is 35.4 Å². The normalized spacial score (nSPS) is 22.0. The Bertz CT molecular complexity index is 782. The molecule has 0 aliphatic heterocycles. The maximum atomic E-state index is 13.5. The Morgan fingerprint density at radius 2 is 1.65 bits per heavy atom. The summed E-state index contributed by atoms with van der Waals surface area (Å²) >= 11 is 0. The van der Waals surface area contributed by atoms with Crippen LogP contribution < -0.4 is 11.5 Å². The molecule has 0 bridgehead atoms. The average molecular weight is 428 g/mol. The van der Waals surface area contributed by atoms with Gasteiger partial charge in [-0.25, -0.2) is 0 Å². The maximum Gasteiger partial charge on any atom is 0.254 e. The second-order valence-electron chi connectivity index (χ2n) is 9.13. The van der Waals surface area contributed by atoms with Gasteiger partial charge in [-0.1, -0.05) is 31.4 Å². The first-order chi connectivity index (χ1) is 14.9. The molecular formula is C24H37N5O2. The van der Waals surface area contributed by atoms with Crippen molar-refractivity contribution in [1.82, 2.24) is 9.80 Å². The Morgan fingerprint density at radius 3 is 2.26 bits per heavy atom. The molecule has 0 radical (unpaired) electrons. The van der Waals surface area contributed by atoms with Gasteiger partial charge in [0.25, 0.3) is 5.91 Å². The van der Waals surface area contributed by atoms with Gasteiger partial charge in [0.05, 0.1) is 0 Å². The zero-order valence-corrected chi connectivity index (χ0v) is 18.7. The lowest BCUT2D eigenvalue weighted by atomic mass is 9.85. The van der Waals surface area contributed by atoms with Crippen LogP contribution in [0.25, 0.3) is 0 Å². The van der Waals surface area contributed by atoms with Gasteiger partial charge in [0.1, 0.15) is 12.4 Å². The van der Waals surface area contributed by atoms with E-state index in [9.17, 15) is 9.59 Å². The van der Waals surface area contributed by atoms with Crippen molar-refractivity contribution in [2.45, 2.75) is 69.9 Å². The number of nitrogens with two attached hydrogens (primary N) is 2. The molecule has 5 N–H and O–H groups in total. The highest BCUT2D eigenvalue weighted by atomic mass is 16.2. The summed E-state index contributed by atoms with van der Waals surface area (Å²) in [6, 6.07) is 7.16. The summed E-state index contributed by atoms with van der Waals surface area (Å²) in [7, 11) is 1.87. The van der Waals surface area contributed by atoms with E-state index >= 15 is 0 Å². The SMILES string of the molecule is CN(C(=O)CN(C(=O)c1cccc(C(=N)N)c1)C1CCCCC1)C1CCC(CN)CC1. The first-order valence-electron chi connectivity index (χ1n) is 11.6. The smallest absolute Gasteiger partial charge is 0.254 e. The fourth-order valence-electron chi connectivity index (χ4n) is 4.97. The molecule has 7 nitrogen and oxygen atoms in total. The van der Waals surface area contributed by atoms with Crippen LogP contribution in [0.5, 0.6) is 0 Å². The minimum absolute atomic E-state index is 0.00200. The van der Waals surface area contributed by atoms with Gasteiger partial charge in [0.2, 0.25) is 5.91 Å². The Kier molecular flexibility index (Phi) is 8.07. The van der Waals surface area contributed by atoms with Gasteiger partial charge in [0.15, 0.2) is 0 Å². The number of benzene rings is 1. The number of carbonyl (C=O) groups is 2. The number of amides is 2. The molecule has 2 saturated carbocycles. The van der Waals surface area contributed by atoms with E-state index in [1.165, 1.54) is 6.42 Å². The van der Waals surface area contributed by atoms with E-state index in [0.29, 0.717) is 23.6 Å². The molecule has 2 amide bonds. The molecule has 1 aromatic carbocycles. The molecule has 1 aromatic rings. The van der Waals surface area contributed by atoms with Crippen LogP contribution >= 0.6 is 0 Å². The molecule has 170 valence electrons. The van der Waals surface area contributed by atoms with E-state index in [4.69, 9.17) is 16.9 Å². The van der Waals surface area contributed by atoms with E-state index in [-0.39, 0.29) is 36.3 Å². The number of hydrogen-bond acceptors (Lipinski definition) is 4. The van der Waals surface area contributed by atoms with Gasteiger partial charge in [-0.2, -0.15) is 0 Å². The fourth-order valence-corrected chi connectivity index (χ4v) is 4.97. The van der Waals surface area contributed by atoms with Crippen LogP contribution in [0, 0.1) is 11.3 Å². The standard InChI is InChI=1S/C24H37N5O2/c1-28(20-12-10-17(15-25)11-13-20)22(30)16-29(21-8-3-2-4-9-21)24(31)19-7-5-6-18(14-19)23(26)27/h5-7,14,17,20-21H,2-4,8-13,15-16,25H2,1H3,(H3,26,27). The lowest BCUT2D eigenvalue weighted by molar-refractivity contribution is -0.134. The molecule has 2 fully saturated rings. The van der Waals surface area contributed by atoms with Gasteiger partial charge in [-0.15, -0.1) is 0 Å². The summed E-state index contributed by atoms with van der Waals surface area (Å²) in [4.78, 5) is 30.3. The van der Waals surface area contributed by atoms with Crippen molar-refractivity contribution in [1.29, 1.82) is 5.41 Å². The summed E-state index contributed by atoms with van der Waals surface area (Å²) in [5.41, 5.74) is 12.4. The zero-order valence-electron chi connectivity index (χ0n) is 18.7. The number of likely N-dealkylation sites (N-methyl/N-ethyl adjacent to an activating group) is 1. The molecule has 7 heteroatoms. The molecule has 0 spiro atoms. The lowest BCUT2D eigenvalue weighted by Gasteiger charge is -2.38.